The van der Waals surface area contributed by atoms with E-state index in [1.54, 1.807) is 18.4 Å². The molecule has 1 aromatic heterocycles. The number of thiazole rings is 1. The summed E-state index contributed by atoms with van der Waals surface area (Å²) in [5.74, 6) is 0.750. The van der Waals surface area contributed by atoms with E-state index in [9.17, 15) is 9.59 Å². The Balaban J connectivity index is 1.46. The molecule has 0 spiro atoms. The van der Waals surface area contributed by atoms with Crippen LogP contribution in [0.15, 0.2) is 42.5 Å². The van der Waals surface area contributed by atoms with Crippen molar-refractivity contribution in [3.63, 3.8) is 0 Å². The molecule has 0 atom stereocenters. The van der Waals surface area contributed by atoms with E-state index in [2.05, 4.69) is 16.4 Å². The standard InChI is InChI=1S/C21H23N3O2S2/c1-14-8-9-15(2)17(10-14)22-19(25)11-24(3)21(26)13-27-12-20-23-16-6-4-5-7-18(16)28-20/h4-10H,11-13H2,1-3H3,(H,22,25). The fraction of sp³-hybridized carbons (Fsp3) is 0.286. The number of aromatic nitrogens is 1. The third-order valence-corrected chi connectivity index (χ3v) is 6.41. The molecular formula is C21H23N3O2S2. The van der Waals surface area contributed by atoms with Crippen molar-refractivity contribution in [2.75, 3.05) is 24.7 Å². The number of hydrogen-bond donors (Lipinski definition) is 1. The zero-order valence-corrected chi connectivity index (χ0v) is 17.8. The summed E-state index contributed by atoms with van der Waals surface area (Å²) in [4.78, 5) is 30.6. The molecule has 1 N–H and O–H groups in total. The number of aryl methyl sites for hydroxylation is 2. The highest BCUT2D eigenvalue weighted by Gasteiger charge is 2.14. The van der Waals surface area contributed by atoms with Gasteiger partial charge in [-0.2, -0.15) is 0 Å². The molecule has 0 saturated heterocycles. The maximum absolute atomic E-state index is 12.3. The van der Waals surface area contributed by atoms with E-state index in [1.165, 1.54) is 16.7 Å². The molecule has 7 heteroatoms. The first-order valence-corrected chi connectivity index (χ1v) is 10.9. The summed E-state index contributed by atoms with van der Waals surface area (Å²) in [6.45, 7) is 3.96. The number of nitrogens with zero attached hydrogens (tertiary/aromatic N) is 2. The molecular weight excluding hydrogens is 390 g/mol. The van der Waals surface area contributed by atoms with Crippen LogP contribution >= 0.6 is 23.1 Å². The summed E-state index contributed by atoms with van der Waals surface area (Å²) >= 11 is 3.17. The van der Waals surface area contributed by atoms with Crippen molar-refractivity contribution >= 4 is 50.8 Å². The Hall–Kier alpha value is -2.38. The van der Waals surface area contributed by atoms with Crippen LogP contribution in [0.2, 0.25) is 0 Å². The lowest BCUT2D eigenvalue weighted by Crippen LogP contribution is -2.36. The van der Waals surface area contributed by atoms with Gasteiger partial charge in [-0.25, -0.2) is 4.98 Å². The van der Waals surface area contributed by atoms with Gasteiger partial charge >= 0.3 is 0 Å². The number of carbonyl (C=O) groups is 2. The monoisotopic (exact) mass is 413 g/mol. The van der Waals surface area contributed by atoms with Crippen molar-refractivity contribution in [3.8, 4) is 0 Å². The minimum Gasteiger partial charge on any atom is -0.336 e. The van der Waals surface area contributed by atoms with Crippen LogP contribution in [-0.4, -0.2) is 41.0 Å². The van der Waals surface area contributed by atoms with Crippen molar-refractivity contribution in [2.45, 2.75) is 19.6 Å². The molecule has 0 aliphatic rings. The van der Waals surface area contributed by atoms with Gasteiger partial charge in [0.05, 0.1) is 22.5 Å². The Labute approximate surface area is 173 Å². The number of benzene rings is 2. The lowest BCUT2D eigenvalue weighted by atomic mass is 10.1. The topological polar surface area (TPSA) is 62.3 Å². The van der Waals surface area contributed by atoms with Crippen LogP contribution in [0.1, 0.15) is 16.1 Å². The van der Waals surface area contributed by atoms with Crippen LogP contribution < -0.4 is 5.32 Å². The molecule has 2 amide bonds. The summed E-state index contributed by atoms with van der Waals surface area (Å²) in [5.41, 5.74) is 3.86. The number of likely N-dealkylation sites (N-methyl/N-ethyl adjacent to an activating group) is 1. The van der Waals surface area contributed by atoms with Gasteiger partial charge in [0.25, 0.3) is 0 Å². The summed E-state index contributed by atoms with van der Waals surface area (Å²) in [6.07, 6.45) is 0. The molecule has 3 aromatic rings. The molecule has 0 fully saturated rings. The highest BCUT2D eigenvalue weighted by Crippen LogP contribution is 2.24. The Bertz CT molecular complexity index is 967. The highest BCUT2D eigenvalue weighted by atomic mass is 32.2. The van der Waals surface area contributed by atoms with Crippen LogP contribution in [0.25, 0.3) is 10.2 Å². The van der Waals surface area contributed by atoms with Crippen molar-refractivity contribution in [1.29, 1.82) is 0 Å². The average Bonchev–Trinajstić information content (AvgIpc) is 3.07. The zero-order valence-electron chi connectivity index (χ0n) is 16.2. The van der Waals surface area contributed by atoms with E-state index >= 15 is 0 Å². The Morgan fingerprint density at radius 3 is 2.75 bits per heavy atom. The molecule has 146 valence electrons. The number of anilines is 1. The molecule has 1 heterocycles. The molecule has 0 aliphatic heterocycles. The van der Waals surface area contributed by atoms with Gasteiger partial charge in [0, 0.05) is 18.5 Å². The Morgan fingerprint density at radius 1 is 1.18 bits per heavy atom. The Morgan fingerprint density at radius 2 is 1.96 bits per heavy atom. The fourth-order valence-electron chi connectivity index (χ4n) is 2.68. The first-order chi connectivity index (χ1) is 13.4. The molecule has 0 radical (unpaired) electrons. The maximum Gasteiger partial charge on any atom is 0.243 e. The Kier molecular flexibility index (Phi) is 6.70. The normalized spacial score (nSPS) is 10.8. The van der Waals surface area contributed by atoms with Crippen LogP contribution in [0, 0.1) is 13.8 Å². The van der Waals surface area contributed by atoms with Gasteiger partial charge in [0.15, 0.2) is 0 Å². The second-order valence-corrected chi connectivity index (χ2v) is 8.79. The zero-order chi connectivity index (χ0) is 20.1. The number of amides is 2. The highest BCUT2D eigenvalue weighted by molar-refractivity contribution is 7.99. The second-order valence-electron chi connectivity index (χ2n) is 6.68. The summed E-state index contributed by atoms with van der Waals surface area (Å²) in [6, 6.07) is 13.9. The van der Waals surface area contributed by atoms with E-state index in [1.807, 2.05) is 50.2 Å². The van der Waals surface area contributed by atoms with Gasteiger partial charge < -0.3 is 10.2 Å². The number of para-hydroxylation sites is 1. The lowest BCUT2D eigenvalue weighted by Gasteiger charge is -2.17. The summed E-state index contributed by atoms with van der Waals surface area (Å²) < 4.78 is 1.16. The van der Waals surface area contributed by atoms with E-state index < -0.39 is 0 Å². The number of nitrogens with one attached hydrogen (secondary N) is 1. The SMILES string of the molecule is Cc1ccc(C)c(NC(=O)CN(C)C(=O)CSCc2nc3ccccc3s2)c1. The van der Waals surface area contributed by atoms with Crippen molar-refractivity contribution < 1.29 is 9.59 Å². The van der Waals surface area contributed by atoms with Crippen molar-refractivity contribution in [1.82, 2.24) is 9.88 Å². The molecule has 0 saturated carbocycles. The molecule has 28 heavy (non-hydrogen) atoms. The fourth-order valence-corrected chi connectivity index (χ4v) is 4.67. The van der Waals surface area contributed by atoms with E-state index in [-0.39, 0.29) is 18.4 Å². The van der Waals surface area contributed by atoms with Crippen molar-refractivity contribution in [3.05, 3.63) is 58.6 Å². The number of fused-ring (bicyclic) bond motifs is 1. The van der Waals surface area contributed by atoms with E-state index in [0.717, 1.165) is 32.0 Å². The molecule has 2 aromatic carbocycles. The smallest absolute Gasteiger partial charge is 0.243 e. The molecule has 5 nitrogen and oxygen atoms in total. The number of carbonyl (C=O) groups excluding carboxylic acids is 2. The first-order valence-electron chi connectivity index (χ1n) is 8.95. The largest absolute Gasteiger partial charge is 0.336 e. The number of hydrogen-bond acceptors (Lipinski definition) is 5. The summed E-state index contributed by atoms with van der Waals surface area (Å²) in [5, 5.41) is 3.89. The van der Waals surface area contributed by atoms with Gasteiger partial charge in [0.1, 0.15) is 5.01 Å². The van der Waals surface area contributed by atoms with Gasteiger partial charge in [0.2, 0.25) is 11.8 Å². The predicted molar refractivity (Wildman–Crippen MR) is 118 cm³/mol. The van der Waals surface area contributed by atoms with Crippen LogP contribution in [0.5, 0.6) is 0 Å². The number of thioether (sulfide) groups is 1. The average molecular weight is 414 g/mol. The van der Waals surface area contributed by atoms with Crippen LogP contribution in [0.4, 0.5) is 5.69 Å². The van der Waals surface area contributed by atoms with Gasteiger partial charge in [-0.15, -0.1) is 23.1 Å². The number of rotatable bonds is 7. The molecule has 0 aliphatic carbocycles. The summed E-state index contributed by atoms with van der Waals surface area (Å²) in [7, 11) is 1.66. The van der Waals surface area contributed by atoms with Gasteiger partial charge in [-0.1, -0.05) is 24.3 Å². The van der Waals surface area contributed by atoms with Gasteiger partial charge in [-0.3, -0.25) is 9.59 Å². The van der Waals surface area contributed by atoms with Crippen LogP contribution in [0.3, 0.4) is 0 Å². The predicted octanol–water partition coefficient (Wildman–Crippen LogP) is 4.24. The van der Waals surface area contributed by atoms with Crippen LogP contribution in [-0.2, 0) is 15.3 Å². The second kappa shape index (κ2) is 9.21. The van der Waals surface area contributed by atoms with E-state index in [4.69, 9.17) is 0 Å². The minimum absolute atomic E-state index is 0.0356. The molecule has 0 bridgehead atoms. The van der Waals surface area contributed by atoms with Gasteiger partial charge in [-0.05, 0) is 43.2 Å². The lowest BCUT2D eigenvalue weighted by molar-refractivity contribution is -0.131. The third-order valence-electron chi connectivity index (χ3n) is 4.26. The minimum atomic E-state index is -0.194. The first kappa shape index (κ1) is 20.4. The quantitative estimate of drug-likeness (QED) is 0.629. The van der Waals surface area contributed by atoms with E-state index in [0.29, 0.717) is 11.5 Å². The molecule has 3 rings (SSSR count). The third kappa shape index (κ3) is 5.33. The van der Waals surface area contributed by atoms with Crippen molar-refractivity contribution in [2.24, 2.45) is 0 Å². The maximum atomic E-state index is 12.3. The molecule has 0 unspecified atom stereocenters.